The lowest BCUT2D eigenvalue weighted by atomic mass is 9.99. The van der Waals surface area contributed by atoms with E-state index >= 15 is 0 Å². The molecule has 4 aromatic carbocycles. The maximum atomic E-state index is 12.8. The molecule has 7 heteroatoms. The fourth-order valence-corrected chi connectivity index (χ4v) is 4.70. The number of amides is 2. The van der Waals surface area contributed by atoms with Crippen molar-refractivity contribution < 1.29 is 23.8 Å². The highest BCUT2D eigenvalue weighted by Gasteiger charge is 2.25. The molecule has 2 N–H and O–H groups in total. The highest BCUT2D eigenvalue weighted by Crippen LogP contribution is 2.39. The van der Waals surface area contributed by atoms with Crippen LogP contribution in [-0.4, -0.2) is 33.1 Å². The van der Waals surface area contributed by atoms with Crippen LogP contribution in [-0.2, 0) is 16.0 Å². The van der Waals surface area contributed by atoms with Crippen LogP contribution in [0.3, 0.4) is 0 Å². The summed E-state index contributed by atoms with van der Waals surface area (Å²) in [4.78, 5) is 25.6. The Morgan fingerprint density at radius 3 is 2.37 bits per heavy atom. The molecular formula is C31H28N2O5. The van der Waals surface area contributed by atoms with Gasteiger partial charge in [0, 0.05) is 28.9 Å². The van der Waals surface area contributed by atoms with Gasteiger partial charge in [0.2, 0.25) is 11.7 Å². The molecule has 0 bridgehead atoms. The number of anilines is 2. The number of carbonyl (C=O) groups is 2. The average Bonchev–Trinajstić information content (AvgIpc) is 3.25. The number of fused-ring (bicyclic) bond motifs is 2. The second-order valence-electron chi connectivity index (χ2n) is 8.92. The van der Waals surface area contributed by atoms with Gasteiger partial charge in [-0.05, 0) is 64.7 Å². The van der Waals surface area contributed by atoms with Gasteiger partial charge in [-0.15, -0.1) is 0 Å². The fourth-order valence-electron chi connectivity index (χ4n) is 4.70. The molecule has 0 aromatic heterocycles. The van der Waals surface area contributed by atoms with Crippen LogP contribution in [0.1, 0.15) is 23.1 Å². The van der Waals surface area contributed by atoms with Crippen molar-refractivity contribution in [3.8, 4) is 17.2 Å². The van der Waals surface area contributed by atoms with Crippen molar-refractivity contribution in [3.63, 3.8) is 0 Å². The Hall–Kier alpha value is -4.78. The summed E-state index contributed by atoms with van der Waals surface area (Å²) in [6.45, 7) is 0. The van der Waals surface area contributed by atoms with Gasteiger partial charge in [-0.3, -0.25) is 9.59 Å². The number of rotatable bonds is 8. The van der Waals surface area contributed by atoms with E-state index in [-0.39, 0.29) is 18.2 Å². The lowest BCUT2D eigenvalue weighted by molar-refractivity contribution is -0.116. The van der Waals surface area contributed by atoms with E-state index in [4.69, 9.17) is 14.2 Å². The molecule has 2 amide bonds. The van der Waals surface area contributed by atoms with Crippen LogP contribution in [0.15, 0.2) is 72.8 Å². The first-order valence-corrected chi connectivity index (χ1v) is 12.2. The molecule has 0 fully saturated rings. The Kier molecular flexibility index (Phi) is 7.00. The summed E-state index contributed by atoms with van der Waals surface area (Å²) >= 11 is 0. The van der Waals surface area contributed by atoms with Crippen LogP contribution >= 0.6 is 0 Å². The highest BCUT2D eigenvalue weighted by molar-refractivity contribution is 6.35. The Morgan fingerprint density at radius 2 is 1.63 bits per heavy atom. The summed E-state index contributed by atoms with van der Waals surface area (Å²) in [6, 6.07) is 23.2. The number of benzene rings is 4. The molecule has 0 unspecified atom stereocenters. The summed E-state index contributed by atoms with van der Waals surface area (Å²) in [5.41, 5.74) is 4.51. The predicted molar refractivity (Wildman–Crippen MR) is 150 cm³/mol. The van der Waals surface area contributed by atoms with E-state index in [0.29, 0.717) is 34.9 Å². The predicted octanol–water partition coefficient (Wildman–Crippen LogP) is 5.93. The normalized spacial score (nSPS) is 13.2. The van der Waals surface area contributed by atoms with Gasteiger partial charge in [-0.2, -0.15) is 0 Å². The summed E-state index contributed by atoms with van der Waals surface area (Å²) in [5, 5.41) is 8.05. The zero-order chi connectivity index (χ0) is 26.6. The minimum atomic E-state index is -0.168. The first kappa shape index (κ1) is 24.9. The number of hydrogen-bond acceptors (Lipinski definition) is 5. The average molecular weight is 509 g/mol. The maximum Gasteiger partial charge on any atom is 0.256 e. The van der Waals surface area contributed by atoms with Crippen molar-refractivity contribution in [2.75, 3.05) is 32.0 Å². The van der Waals surface area contributed by atoms with E-state index in [1.54, 1.807) is 27.4 Å². The second-order valence-corrected chi connectivity index (χ2v) is 8.92. The van der Waals surface area contributed by atoms with Crippen molar-refractivity contribution in [1.82, 2.24) is 0 Å². The Morgan fingerprint density at radius 1 is 0.895 bits per heavy atom. The molecule has 4 aromatic rings. The summed E-state index contributed by atoms with van der Waals surface area (Å²) in [6.07, 6.45) is 2.64. The molecule has 0 aliphatic carbocycles. The van der Waals surface area contributed by atoms with Gasteiger partial charge in [0.1, 0.15) is 0 Å². The second kappa shape index (κ2) is 10.7. The molecule has 1 heterocycles. The number of hydrogen-bond donors (Lipinski definition) is 2. The van der Waals surface area contributed by atoms with Crippen LogP contribution < -0.4 is 24.8 Å². The largest absolute Gasteiger partial charge is 0.493 e. The molecule has 0 saturated carbocycles. The van der Waals surface area contributed by atoms with E-state index in [9.17, 15) is 9.59 Å². The van der Waals surface area contributed by atoms with Gasteiger partial charge in [0.15, 0.2) is 11.5 Å². The van der Waals surface area contributed by atoms with Gasteiger partial charge < -0.3 is 24.8 Å². The monoisotopic (exact) mass is 508 g/mol. The SMILES string of the molecule is COc1cc(CCC(=O)Nc2ccc3c(c2)/C(=C\c2cccc4ccccc24)C(=O)N3)cc(OC)c1OC. The third-order valence-electron chi connectivity index (χ3n) is 6.57. The number of ether oxygens (including phenoxy) is 3. The Balaban J connectivity index is 1.34. The third-order valence-corrected chi connectivity index (χ3v) is 6.57. The van der Waals surface area contributed by atoms with Crippen molar-refractivity contribution >= 4 is 45.6 Å². The van der Waals surface area contributed by atoms with Crippen molar-refractivity contribution in [1.29, 1.82) is 0 Å². The number of carbonyl (C=O) groups excluding carboxylic acids is 2. The molecule has 0 atom stereocenters. The minimum absolute atomic E-state index is 0.143. The molecule has 7 nitrogen and oxygen atoms in total. The van der Waals surface area contributed by atoms with E-state index in [2.05, 4.69) is 10.6 Å². The molecule has 0 spiro atoms. The molecule has 1 aliphatic heterocycles. The Labute approximate surface area is 221 Å². The van der Waals surface area contributed by atoms with Crippen LogP contribution in [0.5, 0.6) is 17.2 Å². The smallest absolute Gasteiger partial charge is 0.256 e. The maximum absolute atomic E-state index is 12.8. The lowest BCUT2D eigenvalue weighted by Crippen LogP contribution is -2.12. The van der Waals surface area contributed by atoms with Gasteiger partial charge in [-0.1, -0.05) is 42.5 Å². The van der Waals surface area contributed by atoms with Gasteiger partial charge in [0.25, 0.3) is 5.91 Å². The van der Waals surface area contributed by atoms with Gasteiger partial charge in [0.05, 0.1) is 21.3 Å². The fraction of sp³-hybridized carbons (Fsp3) is 0.161. The zero-order valence-electron chi connectivity index (χ0n) is 21.5. The van der Waals surface area contributed by atoms with E-state index in [1.807, 2.05) is 72.8 Å². The first-order valence-electron chi connectivity index (χ1n) is 12.2. The van der Waals surface area contributed by atoms with Crippen molar-refractivity contribution in [2.24, 2.45) is 0 Å². The van der Waals surface area contributed by atoms with Crippen molar-refractivity contribution in [3.05, 3.63) is 89.5 Å². The van der Waals surface area contributed by atoms with Crippen LogP contribution in [0.25, 0.3) is 22.4 Å². The third kappa shape index (κ3) is 4.91. The standard InChI is InChI=1S/C31H28N2O5/c1-36-27-15-19(16-28(37-2)30(27)38-3)11-14-29(34)32-22-12-13-26-24(18-22)25(31(35)33-26)17-21-9-6-8-20-7-4-5-10-23(20)21/h4-10,12-13,15-18H,11,14H2,1-3H3,(H,32,34)(H,33,35)/b25-17+. The number of aryl methyl sites for hydroxylation is 1. The number of methoxy groups -OCH3 is 3. The molecule has 192 valence electrons. The Bertz CT molecular complexity index is 1540. The van der Waals surface area contributed by atoms with Gasteiger partial charge in [-0.25, -0.2) is 0 Å². The highest BCUT2D eigenvalue weighted by atomic mass is 16.5. The zero-order valence-corrected chi connectivity index (χ0v) is 21.5. The van der Waals surface area contributed by atoms with Crippen LogP contribution in [0, 0.1) is 0 Å². The number of nitrogens with one attached hydrogen (secondary N) is 2. The van der Waals surface area contributed by atoms with E-state index in [1.165, 1.54) is 0 Å². The van der Waals surface area contributed by atoms with Crippen LogP contribution in [0.4, 0.5) is 11.4 Å². The molecule has 38 heavy (non-hydrogen) atoms. The summed E-state index contributed by atoms with van der Waals surface area (Å²) in [7, 11) is 4.67. The molecule has 5 rings (SSSR count). The van der Waals surface area contributed by atoms with E-state index < -0.39 is 0 Å². The van der Waals surface area contributed by atoms with Crippen molar-refractivity contribution in [2.45, 2.75) is 12.8 Å². The quantitative estimate of drug-likeness (QED) is 0.288. The lowest BCUT2D eigenvalue weighted by Gasteiger charge is -2.14. The summed E-state index contributed by atoms with van der Waals surface area (Å²) < 4.78 is 16.2. The molecular weight excluding hydrogens is 480 g/mol. The molecule has 1 aliphatic rings. The molecule has 0 saturated heterocycles. The molecule has 0 radical (unpaired) electrons. The minimum Gasteiger partial charge on any atom is -0.493 e. The van der Waals surface area contributed by atoms with Crippen LogP contribution in [0.2, 0.25) is 0 Å². The summed E-state index contributed by atoms with van der Waals surface area (Å²) in [5.74, 6) is 1.29. The van der Waals surface area contributed by atoms with Gasteiger partial charge >= 0.3 is 0 Å². The van der Waals surface area contributed by atoms with E-state index in [0.717, 1.165) is 33.2 Å². The topological polar surface area (TPSA) is 85.9 Å². The first-order chi connectivity index (χ1) is 18.5.